The number of carbonyl (C=O) groups excluding carboxylic acids is 1. The van der Waals surface area contributed by atoms with Gasteiger partial charge < -0.3 is 10.3 Å². The predicted molar refractivity (Wildman–Crippen MR) is 101 cm³/mol. The zero-order valence-electron chi connectivity index (χ0n) is 14.5. The molecule has 7 heteroatoms. The van der Waals surface area contributed by atoms with Crippen molar-refractivity contribution >= 4 is 17.5 Å². The lowest BCUT2D eigenvalue weighted by molar-refractivity contribution is 0.0941. The summed E-state index contributed by atoms with van der Waals surface area (Å²) in [5, 5.41) is 3.29. The van der Waals surface area contributed by atoms with E-state index < -0.39 is 17.2 Å². The van der Waals surface area contributed by atoms with Gasteiger partial charge in [0.05, 0.1) is 6.54 Å². The lowest BCUT2D eigenvalue weighted by atomic mass is 9.89. The summed E-state index contributed by atoms with van der Waals surface area (Å²) in [5.41, 5.74) is -0.609. The average Bonchev–Trinajstić information content (AvgIpc) is 2.65. The third kappa shape index (κ3) is 4.25. The number of hydrogen-bond donors (Lipinski definition) is 2. The molecule has 0 bridgehead atoms. The number of nitrogens with one attached hydrogen (secondary N) is 2. The number of H-pyrrole nitrogens is 1. The second-order valence-corrected chi connectivity index (χ2v) is 7.11. The van der Waals surface area contributed by atoms with Gasteiger partial charge in [-0.3, -0.25) is 14.2 Å². The number of hydrogen-bond acceptors (Lipinski definition) is 3. The SMILES string of the molecule is O=C(NCC1CCCCC1)c1c[nH]c(=O)n(Cc2ccccc2Cl)c1=O. The number of aromatic nitrogens is 2. The molecule has 0 saturated heterocycles. The van der Waals surface area contributed by atoms with Crippen molar-refractivity contribution in [1.29, 1.82) is 0 Å². The first-order chi connectivity index (χ1) is 12.6. The fraction of sp³-hybridized carbons (Fsp3) is 0.421. The van der Waals surface area contributed by atoms with Gasteiger partial charge in [0.15, 0.2) is 0 Å². The number of benzene rings is 1. The van der Waals surface area contributed by atoms with E-state index in [0.29, 0.717) is 23.0 Å². The highest BCUT2D eigenvalue weighted by molar-refractivity contribution is 6.31. The molecule has 6 nitrogen and oxygen atoms in total. The van der Waals surface area contributed by atoms with Crippen LogP contribution in [0.2, 0.25) is 5.02 Å². The van der Waals surface area contributed by atoms with E-state index in [9.17, 15) is 14.4 Å². The van der Waals surface area contributed by atoms with Crippen LogP contribution in [0.5, 0.6) is 0 Å². The molecule has 138 valence electrons. The highest BCUT2D eigenvalue weighted by atomic mass is 35.5. The monoisotopic (exact) mass is 375 g/mol. The van der Waals surface area contributed by atoms with Gasteiger partial charge in [-0.1, -0.05) is 49.1 Å². The van der Waals surface area contributed by atoms with Crippen molar-refractivity contribution in [3.63, 3.8) is 0 Å². The van der Waals surface area contributed by atoms with E-state index in [1.54, 1.807) is 24.3 Å². The van der Waals surface area contributed by atoms with Gasteiger partial charge in [0.25, 0.3) is 11.5 Å². The van der Waals surface area contributed by atoms with Gasteiger partial charge in [-0.15, -0.1) is 0 Å². The summed E-state index contributed by atoms with van der Waals surface area (Å²) in [6.07, 6.45) is 7.00. The summed E-state index contributed by atoms with van der Waals surface area (Å²) >= 11 is 6.11. The van der Waals surface area contributed by atoms with Crippen LogP contribution in [0.1, 0.15) is 48.0 Å². The Kier molecular flexibility index (Phi) is 5.93. The van der Waals surface area contributed by atoms with E-state index in [0.717, 1.165) is 17.4 Å². The standard InChI is InChI=1S/C19H22ClN3O3/c20-16-9-5-4-8-14(16)12-23-18(25)15(11-22-19(23)26)17(24)21-10-13-6-2-1-3-7-13/h4-5,8-9,11,13H,1-3,6-7,10,12H2,(H,21,24)(H,22,26). The van der Waals surface area contributed by atoms with Crippen molar-refractivity contribution in [2.45, 2.75) is 38.6 Å². The topological polar surface area (TPSA) is 84.0 Å². The average molecular weight is 376 g/mol. The zero-order chi connectivity index (χ0) is 18.5. The van der Waals surface area contributed by atoms with Gasteiger partial charge in [-0.05, 0) is 30.4 Å². The van der Waals surface area contributed by atoms with Crippen LogP contribution in [0.15, 0.2) is 40.1 Å². The molecular weight excluding hydrogens is 354 g/mol. The maximum Gasteiger partial charge on any atom is 0.328 e. The minimum atomic E-state index is -0.616. The third-order valence-electron chi connectivity index (χ3n) is 4.87. The third-order valence-corrected chi connectivity index (χ3v) is 5.24. The van der Waals surface area contributed by atoms with Crippen LogP contribution < -0.4 is 16.6 Å². The van der Waals surface area contributed by atoms with Crippen molar-refractivity contribution in [3.05, 3.63) is 67.4 Å². The van der Waals surface area contributed by atoms with Gasteiger partial charge >= 0.3 is 5.69 Å². The Morgan fingerprint density at radius 1 is 1.19 bits per heavy atom. The lowest BCUT2D eigenvalue weighted by Gasteiger charge is -2.21. The number of amides is 1. The van der Waals surface area contributed by atoms with Crippen molar-refractivity contribution in [2.75, 3.05) is 6.54 Å². The van der Waals surface area contributed by atoms with Gasteiger partial charge in [-0.2, -0.15) is 0 Å². The van der Waals surface area contributed by atoms with E-state index in [1.807, 2.05) is 0 Å². The molecule has 0 atom stereocenters. The molecule has 3 rings (SSSR count). The minimum absolute atomic E-state index is 0.0115. The molecule has 0 unspecified atom stereocenters. The Labute approximate surface area is 156 Å². The van der Waals surface area contributed by atoms with Crippen molar-refractivity contribution in [3.8, 4) is 0 Å². The van der Waals surface area contributed by atoms with E-state index in [4.69, 9.17) is 11.6 Å². The van der Waals surface area contributed by atoms with Crippen molar-refractivity contribution in [1.82, 2.24) is 14.9 Å². The molecule has 0 aliphatic heterocycles. The molecule has 2 N–H and O–H groups in total. The Bertz CT molecular complexity index is 897. The fourth-order valence-corrected chi connectivity index (χ4v) is 3.53. The first kappa shape index (κ1) is 18.5. The van der Waals surface area contributed by atoms with Gasteiger partial charge in [0.1, 0.15) is 5.56 Å². The highest BCUT2D eigenvalue weighted by Gasteiger charge is 2.18. The quantitative estimate of drug-likeness (QED) is 0.842. The van der Waals surface area contributed by atoms with Gasteiger partial charge in [-0.25, -0.2) is 4.79 Å². The molecule has 1 aromatic carbocycles. The molecular formula is C19H22ClN3O3. The molecule has 1 aliphatic carbocycles. The second-order valence-electron chi connectivity index (χ2n) is 6.70. The van der Waals surface area contributed by atoms with Crippen LogP contribution >= 0.6 is 11.6 Å². The van der Waals surface area contributed by atoms with E-state index >= 15 is 0 Å². The molecule has 1 aliphatic rings. The van der Waals surface area contributed by atoms with Crippen LogP contribution in [0, 0.1) is 5.92 Å². The van der Waals surface area contributed by atoms with E-state index in [1.165, 1.54) is 25.5 Å². The molecule has 1 amide bonds. The Morgan fingerprint density at radius 2 is 1.92 bits per heavy atom. The summed E-state index contributed by atoms with van der Waals surface area (Å²) < 4.78 is 0.997. The highest BCUT2D eigenvalue weighted by Crippen LogP contribution is 2.22. The summed E-state index contributed by atoms with van der Waals surface area (Å²) in [6.45, 7) is 0.569. The largest absolute Gasteiger partial charge is 0.352 e. The van der Waals surface area contributed by atoms with Crippen LogP contribution in [-0.4, -0.2) is 22.0 Å². The number of aromatic amines is 1. The number of halogens is 1. The molecule has 1 aromatic heterocycles. The first-order valence-electron chi connectivity index (χ1n) is 8.90. The predicted octanol–water partition coefficient (Wildman–Crippen LogP) is 2.55. The maximum atomic E-state index is 12.6. The molecule has 1 saturated carbocycles. The Balaban J connectivity index is 1.78. The molecule has 1 fully saturated rings. The van der Waals surface area contributed by atoms with Crippen LogP contribution in [-0.2, 0) is 6.54 Å². The summed E-state index contributed by atoms with van der Waals surface area (Å²) in [7, 11) is 0. The van der Waals surface area contributed by atoms with Crippen LogP contribution in [0.3, 0.4) is 0 Å². The Morgan fingerprint density at radius 3 is 2.65 bits per heavy atom. The maximum absolute atomic E-state index is 12.6. The van der Waals surface area contributed by atoms with Crippen molar-refractivity contribution < 1.29 is 4.79 Å². The smallest absolute Gasteiger partial charge is 0.328 e. The second kappa shape index (κ2) is 8.36. The molecule has 1 heterocycles. The lowest BCUT2D eigenvalue weighted by Crippen LogP contribution is -2.41. The summed E-state index contributed by atoms with van der Waals surface area (Å²) in [6, 6.07) is 6.98. The van der Waals surface area contributed by atoms with Gasteiger partial charge in [0.2, 0.25) is 0 Å². The summed E-state index contributed by atoms with van der Waals surface area (Å²) in [4.78, 5) is 39.6. The Hall–Kier alpha value is -2.34. The molecule has 26 heavy (non-hydrogen) atoms. The van der Waals surface area contributed by atoms with Crippen LogP contribution in [0.4, 0.5) is 0 Å². The molecule has 0 spiro atoms. The van der Waals surface area contributed by atoms with Crippen molar-refractivity contribution in [2.24, 2.45) is 5.92 Å². The first-order valence-corrected chi connectivity index (χ1v) is 9.28. The molecule has 0 radical (unpaired) electrons. The zero-order valence-corrected chi connectivity index (χ0v) is 15.2. The number of nitrogens with zero attached hydrogens (tertiary/aromatic N) is 1. The number of rotatable bonds is 5. The minimum Gasteiger partial charge on any atom is -0.352 e. The number of carbonyl (C=O) groups is 1. The normalized spacial score (nSPS) is 15.0. The van der Waals surface area contributed by atoms with Crippen LogP contribution in [0.25, 0.3) is 0 Å². The van der Waals surface area contributed by atoms with E-state index in [-0.39, 0.29) is 12.1 Å². The van der Waals surface area contributed by atoms with Gasteiger partial charge in [0, 0.05) is 17.8 Å². The molecule has 2 aromatic rings. The summed E-state index contributed by atoms with van der Waals surface area (Å²) in [5.74, 6) is 0.00513. The van der Waals surface area contributed by atoms with E-state index in [2.05, 4.69) is 10.3 Å². The fourth-order valence-electron chi connectivity index (χ4n) is 3.34.